The zero-order valence-corrected chi connectivity index (χ0v) is 26.2. The molecule has 238 valence electrons. The molecule has 4 fully saturated rings. The number of anilines is 1. The van der Waals surface area contributed by atoms with E-state index in [1.165, 1.54) is 12.8 Å². The van der Waals surface area contributed by atoms with Gasteiger partial charge >= 0.3 is 6.09 Å². The highest BCUT2D eigenvalue weighted by atomic mass is 16.6. The Morgan fingerprint density at radius 2 is 1.41 bits per heavy atom. The fourth-order valence-electron chi connectivity index (χ4n) is 7.78. The summed E-state index contributed by atoms with van der Waals surface area (Å²) in [4.78, 5) is 70.5. The van der Waals surface area contributed by atoms with Gasteiger partial charge in [0, 0.05) is 44.3 Å². The van der Waals surface area contributed by atoms with Gasteiger partial charge in [-0.2, -0.15) is 0 Å². The number of hydrogen-bond acceptors (Lipinski definition) is 8. The van der Waals surface area contributed by atoms with Crippen LogP contribution in [-0.4, -0.2) is 101 Å². The summed E-state index contributed by atoms with van der Waals surface area (Å²) in [6.45, 7) is 11.3. The molecule has 5 aliphatic heterocycles. The van der Waals surface area contributed by atoms with Gasteiger partial charge in [-0.25, -0.2) is 4.79 Å². The summed E-state index contributed by atoms with van der Waals surface area (Å²) < 4.78 is 5.55. The SMILES string of the molecule is CC(C)(C)OC(=O)N1CCC(N2CCC(C3CCN(c4ccc5c(c4)C(=O)N(C4CCC(=O)NC4=O)C5=O)CC3)CC2)CC1. The number of carbonyl (C=O) groups is 5. The molecule has 0 radical (unpaired) electrons. The standard InChI is InChI=1S/C33H45N5O6/c1-33(2,3)44-32(43)37-18-12-23(13-19-37)35-14-8-21(9-15-35)22-10-16-36(17-11-22)24-4-5-25-26(20-24)31(42)38(30(25)41)27-6-7-28(39)34-29(27)40/h4-5,20-23,27H,6-19H2,1-3H3,(H,34,39,40). The van der Waals surface area contributed by atoms with E-state index in [0.29, 0.717) is 23.1 Å². The van der Waals surface area contributed by atoms with E-state index in [-0.39, 0.29) is 24.8 Å². The third-order valence-electron chi connectivity index (χ3n) is 10.2. The molecular weight excluding hydrogens is 562 g/mol. The van der Waals surface area contributed by atoms with E-state index in [0.717, 1.165) is 81.5 Å². The zero-order chi connectivity index (χ0) is 31.2. The minimum atomic E-state index is -0.948. The van der Waals surface area contributed by atoms with Crippen LogP contribution in [0.25, 0.3) is 0 Å². The molecule has 1 aromatic rings. The van der Waals surface area contributed by atoms with E-state index >= 15 is 0 Å². The first kappa shape index (κ1) is 30.6. The van der Waals surface area contributed by atoms with Gasteiger partial charge in [0.05, 0.1) is 11.1 Å². The molecule has 0 bridgehead atoms. The number of fused-ring (bicyclic) bond motifs is 1. The molecular formula is C33H45N5O6. The molecule has 0 aromatic heterocycles. The predicted octanol–water partition coefficient (Wildman–Crippen LogP) is 3.42. The molecule has 1 atom stereocenters. The van der Waals surface area contributed by atoms with Gasteiger partial charge in [-0.1, -0.05) is 0 Å². The smallest absolute Gasteiger partial charge is 0.410 e. The van der Waals surface area contributed by atoms with Crippen molar-refractivity contribution >= 4 is 35.4 Å². The van der Waals surface area contributed by atoms with Crippen molar-refractivity contribution in [1.82, 2.24) is 20.0 Å². The zero-order valence-electron chi connectivity index (χ0n) is 26.2. The molecule has 1 aromatic carbocycles. The highest BCUT2D eigenvalue weighted by Gasteiger charge is 2.45. The maximum Gasteiger partial charge on any atom is 0.410 e. The van der Waals surface area contributed by atoms with Crippen molar-refractivity contribution < 1.29 is 28.7 Å². The quantitative estimate of drug-likeness (QED) is 0.518. The number of imide groups is 2. The number of rotatable bonds is 4. The van der Waals surface area contributed by atoms with Gasteiger partial charge in [0.15, 0.2) is 0 Å². The molecule has 5 heterocycles. The molecule has 6 rings (SSSR count). The van der Waals surface area contributed by atoms with Crippen molar-refractivity contribution in [1.29, 1.82) is 0 Å². The van der Waals surface area contributed by atoms with Crippen molar-refractivity contribution in [2.45, 2.75) is 89.8 Å². The number of benzene rings is 1. The highest BCUT2D eigenvalue weighted by molar-refractivity contribution is 6.23. The van der Waals surface area contributed by atoms with Crippen LogP contribution in [0.5, 0.6) is 0 Å². The normalized spacial score (nSPS) is 25.0. The summed E-state index contributed by atoms with van der Waals surface area (Å²) in [5.41, 5.74) is 1.12. The van der Waals surface area contributed by atoms with E-state index in [1.54, 1.807) is 12.1 Å². The lowest BCUT2D eigenvalue weighted by Gasteiger charge is -2.44. The van der Waals surface area contributed by atoms with Crippen LogP contribution in [0, 0.1) is 11.8 Å². The second-order valence-electron chi connectivity index (χ2n) is 14.1. The molecule has 0 spiro atoms. The van der Waals surface area contributed by atoms with Gasteiger partial charge in [0.25, 0.3) is 11.8 Å². The molecule has 44 heavy (non-hydrogen) atoms. The van der Waals surface area contributed by atoms with E-state index in [1.807, 2.05) is 31.7 Å². The first-order valence-electron chi connectivity index (χ1n) is 16.3. The number of nitrogens with one attached hydrogen (secondary N) is 1. The van der Waals surface area contributed by atoms with Crippen LogP contribution in [0.15, 0.2) is 18.2 Å². The lowest BCUT2D eigenvalue weighted by atomic mass is 9.78. The minimum Gasteiger partial charge on any atom is -0.444 e. The first-order chi connectivity index (χ1) is 21.0. The van der Waals surface area contributed by atoms with Crippen LogP contribution in [0.1, 0.15) is 92.9 Å². The van der Waals surface area contributed by atoms with Crippen molar-refractivity contribution in [3.05, 3.63) is 29.3 Å². The van der Waals surface area contributed by atoms with Crippen LogP contribution in [0.3, 0.4) is 0 Å². The maximum absolute atomic E-state index is 13.3. The minimum absolute atomic E-state index is 0.109. The van der Waals surface area contributed by atoms with Gasteiger partial charge in [-0.15, -0.1) is 0 Å². The molecule has 0 saturated carbocycles. The molecule has 5 amide bonds. The second kappa shape index (κ2) is 12.1. The van der Waals surface area contributed by atoms with Crippen LogP contribution < -0.4 is 10.2 Å². The number of piperidine rings is 4. The van der Waals surface area contributed by atoms with Crippen LogP contribution in [-0.2, 0) is 14.3 Å². The van der Waals surface area contributed by atoms with Crippen LogP contribution in [0.4, 0.5) is 10.5 Å². The van der Waals surface area contributed by atoms with Gasteiger partial charge in [0.2, 0.25) is 11.8 Å². The summed E-state index contributed by atoms with van der Waals surface area (Å²) >= 11 is 0. The number of amides is 5. The molecule has 0 aliphatic carbocycles. The summed E-state index contributed by atoms with van der Waals surface area (Å²) in [7, 11) is 0. The van der Waals surface area contributed by atoms with Crippen molar-refractivity contribution in [2.75, 3.05) is 44.2 Å². The predicted molar refractivity (Wildman–Crippen MR) is 163 cm³/mol. The number of nitrogens with zero attached hydrogens (tertiary/aromatic N) is 4. The highest BCUT2D eigenvalue weighted by Crippen LogP contribution is 2.37. The Kier molecular flexibility index (Phi) is 8.43. The van der Waals surface area contributed by atoms with Gasteiger partial charge in [-0.05, 0) is 109 Å². The fraction of sp³-hybridized carbons (Fsp3) is 0.667. The number of carbonyl (C=O) groups excluding carboxylic acids is 5. The number of ether oxygens (including phenoxy) is 1. The Morgan fingerprint density at radius 1 is 0.795 bits per heavy atom. The van der Waals surface area contributed by atoms with Crippen molar-refractivity contribution in [2.24, 2.45) is 11.8 Å². The Hall–Kier alpha value is -3.47. The van der Waals surface area contributed by atoms with Crippen LogP contribution >= 0.6 is 0 Å². The van der Waals surface area contributed by atoms with E-state index < -0.39 is 29.4 Å². The molecule has 11 heteroatoms. The summed E-state index contributed by atoms with van der Waals surface area (Å²) in [6, 6.07) is 5.00. The summed E-state index contributed by atoms with van der Waals surface area (Å²) in [6.07, 6.45) is 6.70. The lowest BCUT2D eigenvalue weighted by molar-refractivity contribution is -0.136. The second-order valence-corrected chi connectivity index (χ2v) is 14.1. The molecule has 1 unspecified atom stereocenters. The Bertz CT molecular complexity index is 1320. The number of hydrogen-bond donors (Lipinski definition) is 1. The largest absolute Gasteiger partial charge is 0.444 e. The Morgan fingerprint density at radius 3 is 2.02 bits per heavy atom. The lowest BCUT2D eigenvalue weighted by Crippen LogP contribution is -2.54. The molecule has 4 saturated heterocycles. The van der Waals surface area contributed by atoms with E-state index in [2.05, 4.69) is 15.1 Å². The molecule has 11 nitrogen and oxygen atoms in total. The average molecular weight is 608 g/mol. The third kappa shape index (κ3) is 6.20. The van der Waals surface area contributed by atoms with Gasteiger partial charge < -0.3 is 19.4 Å². The molecule has 1 N–H and O–H groups in total. The van der Waals surface area contributed by atoms with Crippen molar-refractivity contribution in [3.63, 3.8) is 0 Å². The van der Waals surface area contributed by atoms with Gasteiger partial charge in [0.1, 0.15) is 11.6 Å². The van der Waals surface area contributed by atoms with Crippen molar-refractivity contribution in [3.8, 4) is 0 Å². The average Bonchev–Trinajstić information content (AvgIpc) is 3.25. The number of likely N-dealkylation sites (tertiary alicyclic amines) is 2. The monoisotopic (exact) mass is 607 g/mol. The maximum atomic E-state index is 13.3. The molecule has 5 aliphatic rings. The summed E-state index contributed by atoms with van der Waals surface area (Å²) in [5, 5.41) is 2.25. The fourth-order valence-corrected chi connectivity index (χ4v) is 7.78. The Labute approximate surface area is 259 Å². The topological polar surface area (TPSA) is 120 Å². The van der Waals surface area contributed by atoms with E-state index in [4.69, 9.17) is 4.74 Å². The first-order valence-corrected chi connectivity index (χ1v) is 16.3. The third-order valence-corrected chi connectivity index (χ3v) is 10.2. The van der Waals surface area contributed by atoms with Gasteiger partial charge in [-0.3, -0.25) is 29.4 Å². The van der Waals surface area contributed by atoms with Crippen LogP contribution in [0.2, 0.25) is 0 Å². The van der Waals surface area contributed by atoms with E-state index in [9.17, 15) is 24.0 Å². The summed E-state index contributed by atoms with van der Waals surface area (Å²) in [5.74, 6) is -0.494. The Balaban J connectivity index is 0.976.